The molecule has 2 aromatic heterocycles. The number of aryl methyl sites for hydroxylation is 2. The normalized spacial score (nSPS) is 19.8. The third-order valence-corrected chi connectivity index (χ3v) is 6.17. The Hall–Kier alpha value is -3.75. The predicted molar refractivity (Wildman–Crippen MR) is 117 cm³/mol. The van der Waals surface area contributed by atoms with Crippen LogP contribution in [0.5, 0.6) is 5.88 Å². The van der Waals surface area contributed by atoms with Crippen molar-refractivity contribution in [2.24, 2.45) is 0 Å². The van der Waals surface area contributed by atoms with Crippen molar-refractivity contribution in [2.75, 3.05) is 19.1 Å². The fourth-order valence-electron chi connectivity index (χ4n) is 4.46. The Morgan fingerprint density at radius 2 is 2.00 bits per heavy atom. The number of hydrogen-bond acceptors (Lipinski definition) is 6. The van der Waals surface area contributed by atoms with Gasteiger partial charge in [-0.25, -0.2) is 14.6 Å². The molecule has 5 rings (SSSR count). The van der Waals surface area contributed by atoms with Crippen LogP contribution in [0.1, 0.15) is 46.5 Å². The average Bonchev–Trinajstić information content (AvgIpc) is 3.39. The number of rotatable bonds is 4. The van der Waals surface area contributed by atoms with Crippen molar-refractivity contribution in [2.45, 2.75) is 37.8 Å². The number of carbonyl (C=O) groups is 2. The van der Waals surface area contributed by atoms with Crippen LogP contribution in [0.3, 0.4) is 0 Å². The first-order valence-corrected chi connectivity index (χ1v) is 10.7. The number of nitrogens with one attached hydrogen (secondary N) is 1. The zero-order chi connectivity index (χ0) is 22.2. The largest absolute Gasteiger partial charge is 0.481 e. The summed E-state index contributed by atoms with van der Waals surface area (Å²) < 4.78 is 7.03. The quantitative estimate of drug-likeness (QED) is 0.676. The van der Waals surface area contributed by atoms with Gasteiger partial charge in [0.2, 0.25) is 17.6 Å². The third-order valence-electron chi connectivity index (χ3n) is 6.17. The molecule has 2 amide bonds. The maximum absolute atomic E-state index is 13.0. The van der Waals surface area contributed by atoms with Crippen molar-refractivity contribution in [3.63, 3.8) is 0 Å². The molecule has 4 heterocycles. The van der Waals surface area contributed by atoms with Gasteiger partial charge in [-0.3, -0.25) is 9.59 Å². The van der Waals surface area contributed by atoms with Gasteiger partial charge in [0.1, 0.15) is 11.9 Å². The summed E-state index contributed by atoms with van der Waals surface area (Å²) >= 11 is 0. The molecule has 1 N–H and O–H groups in total. The maximum Gasteiger partial charge on any atom is 0.291 e. The van der Waals surface area contributed by atoms with Gasteiger partial charge in [0.25, 0.3) is 5.91 Å². The smallest absolute Gasteiger partial charge is 0.291 e. The number of aromatic nitrogens is 4. The maximum atomic E-state index is 13.0. The fraction of sp³-hybridized carbons (Fsp3) is 0.348. The Kier molecular flexibility index (Phi) is 5.08. The minimum Gasteiger partial charge on any atom is -0.481 e. The zero-order valence-corrected chi connectivity index (χ0v) is 18.0. The number of amides is 2. The van der Waals surface area contributed by atoms with Gasteiger partial charge in [0.05, 0.1) is 25.0 Å². The van der Waals surface area contributed by atoms with Crippen LogP contribution in [0, 0.1) is 0 Å². The van der Waals surface area contributed by atoms with Crippen LogP contribution in [0.4, 0.5) is 5.69 Å². The summed E-state index contributed by atoms with van der Waals surface area (Å²) in [5.41, 5.74) is 2.82. The lowest BCUT2D eigenvalue weighted by Gasteiger charge is -2.21. The second-order valence-electron chi connectivity index (χ2n) is 8.08. The number of anilines is 1. The van der Waals surface area contributed by atoms with Crippen LogP contribution < -0.4 is 15.0 Å². The van der Waals surface area contributed by atoms with Crippen LogP contribution in [0.15, 0.2) is 42.6 Å². The second kappa shape index (κ2) is 8.07. The van der Waals surface area contributed by atoms with Gasteiger partial charge in [0.15, 0.2) is 0 Å². The van der Waals surface area contributed by atoms with E-state index in [-0.39, 0.29) is 17.8 Å². The minimum atomic E-state index is -0.672. The van der Waals surface area contributed by atoms with E-state index in [9.17, 15) is 9.59 Å². The molecule has 0 bridgehead atoms. The Balaban J connectivity index is 1.33. The van der Waals surface area contributed by atoms with E-state index in [2.05, 4.69) is 32.5 Å². The molecule has 9 nitrogen and oxygen atoms in total. The van der Waals surface area contributed by atoms with E-state index in [1.165, 1.54) is 4.90 Å². The number of pyridine rings is 1. The Morgan fingerprint density at radius 3 is 2.78 bits per heavy atom. The highest BCUT2D eigenvalue weighted by Gasteiger charge is 2.33. The van der Waals surface area contributed by atoms with E-state index >= 15 is 0 Å². The van der Waals surface area contributed by atoms with Gasteiger partial charge >= 0.3 is 0 Å². The van der Waals surface area contributed by atoms with Crippen molar-refractivity contribution >= 4 is 17.5 Å². The molecule has 2 aliphatic heterocycles. The molecule has 0 unspecified atom stereocenters. The zero-order valence-electron chi connectivity index (χ0n) is 18.0. The Labute approximate surface area is 185 Å². The summed E-state index contributed by atoms with van der Waals surface area (Å²) in [5, 5.41) is 7.33. The van der Waals surface area contributed by atoms with Crippen molar-refractivity contribution in [3.8, 4) is 5.88 Å². The molecule has 0 fully saturated rings. The van der Waals surface area contributed by atoms with E-state index in [4.69, 9.17) is 4.74 Å². The lowest BCUT2D eigenvalue weighted by molar-refractivity contribution is -0.120. The van der Waals surface area contributed by atoms with Crippen LogP contribution in [-0.2, 0) is 17.6 Å². The number of benzene rings is 1. The van der Waals surface area contributed by atoms with Gasteiger partial charge < -0.3 is 15.0 Å². The van der Waals surface area contributed by atoms with E-state index in [1.54, 1.807) is 20.4 Å². The number of fused-ring (bicyclic) bond motifs is 2. The number of likely N-dealkylation sites (N-methyl/N-ethyl adjacent to an activating group) is 1. The number of hydrogen-bond donors (Lipinski definition) is 1. The number of carbonyl (C=O) groups excluding carboxylic acids is 2. The number of nitrogens with zero attached hydrogens (tertiary/aromatic N) is 5. The van der Waals surface area contributed by atoms with Crippen molar-refractivity contribution < 1.29 is 14.3 Å². The standard InChI is InChI=1S/C23H24N6O3/c1-28-18-13-24-20(32-2)12-15(18)8-9-16(23(28)31)25-22(30)21-26-19-11-10-17(29(19)27-21)14-6-4-3-5-7-14/h3-7,12-13,16-17H,8-11H2,1-2H3,(H,25,30)/t16-,17+/m0/s1. The van der Waals surface area contributed by atoms with Gasteiger partial charge in [-0.15, -0.1) is 5.10 Å². The molecule has 0 radical (unpaired) electrons. The van der Waals surface area contributed by atoms with Gasteiger partial charge in [-0.1, -0.05) is 30.3 Å². The fourth-order valence-corrected chi connectivity index (χ4v) is 4.46. The van der Waals surface area contributed by atoms with Crippen LogP contribution in [-0.4, -0.2) is 51.8 Å². The molecular weight excluding hydrogens is 408 g/mol. The summed E-state index contributed by atoms with van der Waals surface area (Å²) in [4.78, 5) is 36.1. The monoisotopic (exact) mass is 432 g/mol. The Morgan fingerprint density at radius 1 is 1.19 bits per heavy atom. The van der Waals surface area contributed by atoms with Crippen LogP contribution in [0.2, 0.25) is 0 Å². The lowest BCUT2D eigenvalue weighted by Crippen LogP contribution is -2.47. The predicted octanol–water partition coefficient (Wildman–Crippen LogP) is 1.92. The summed E-state index contributed by atoms with van der Waals surface area (Å²) in [6, 6.07) is 11.3. The van der Waals surface area contributed by atoms with E-state index in [1.807, 2.05) is 28.9 Å². The average molecular weight is 432 g/mol. The highest BCUT2D eigenvalue weighted by Crippen LogP contribution is 2.30. The van der Waals surface area contributed by atoms with Gasteiger partial charge in [0, 0.05) is 19.5 Å². The van der Waals surface area contributed by atoms with Crippen molar-refractivity contribution in [1.82, 2.24) is 25.1 Å². The molecule has 2 atom stereocenters. The topological polar surface area (TPSA) is 102 Å². The molecule has 0 saturated carbocycles. The van der Waals surface area contributed by atoms with E-state index < -0.39 is 11.9 Å². The molecule has 2 aliphatic rings. The highest BCUT2D eigenvalue weighted by molar-refractivity contribution is 6.01. The molecule has 0 saturated heterocycles. The summed E-state index contributed by atoms with van der Waals surface area (Å²) in [7, 11) is 3.24. The van der Waals surface area contributed by atoms with Gasteiger partial charge in [-0.05, 0) is 30.4 Å². The van der Waals surface area contributed by atoms with Gasteiger partial charge in [-0.2, -0.15) is 0 Å². The SMILES string of the molecule is COc1cc2c(cn1)N(C)C(=O)[C@@H](NC(=O)c1nc3n(n1)[C@@H](c1ccccc1)CC3)CC2. The lowest BCUT2D eigenvalue weighted by atomic mass is 10.1. The molecule has 0 spiro atoms. The van der Waals surface area contributed by atoms with Crippen molar-refractivity contribution in [1.29, 1.82) is 0 Å². The first-order valence-electron chi connectivity index (χ1n) is 10.7. The molecule has 9 heteroatoms. The summed E-state index contributed by atoms with van der Waals surface area (Å²) in [6.07, 6.45) is 4.37. The molecule has 1 aromatic carbocycles. The number of ether oxygens (including phenoxy) is 1. The van der Waals surface area contributed by atoms with Crippen molar-refractivity contribution in [3.05, 3.63) is 65.4 Å². The highest BCUT2D eigenvalue weighted by atomic mass is 16.5. The Bertz CT molecular complexity index is 1180. The first-order chi connectivity index (χ1) is 15.5. The summed E-state index contributed by atoms with van der Waals surface area (Å²) in [6.45, 7) is 0. The van der Waals surface area contributed by atoms with Crippen LogP contribution >= 0.6 is 0 Å². The minimum absolute atomic E-state index is 0.0721. The second-order valence-corrected chi connectivity index (χ2v) is 8.08. The molecule has 0 aliphatic carbocycles. The molecule has 3 aromatic rings. The molecular formula is C23H24N6O3. The molecule has 32 heavy (non-hydrogen) atoms. The third kappa shape index (κ3) is 3.49. The van der Waals surface area contributed by atoms with E-state index in [0.29, 0.717) is 18.7 Å². The van der Waals surface area contributed by atoms with E-state index in [0.717, 1.165) is 35.5 Å². The van der Waals surface area contributed by atoms with Crippen LogP contribution in [0.25, 0.3) is 0 Å². The molecule has 164 valence electrons. The number of methoxy groups -OCH3 is 1. The summed E-state index contributed by atoms with van der Waals surface area (Å²) in [5.74, 6) is 0.752. The first kappa shape index (κ1) is 20.2.